The van der Waals surface area contributed by atoms with Crippen molar-refractivity contribution in [2.75, 3.05) is 74.1 Å². The summed E-state index contributed by atoms with van der Waals surface area (Å²) >= 11 is 2.15. The van der Waals surface area contributed by atoms with Gasteiger partial charge in [0, 0.05) is 71.8 Å². The first-order chi connectivity index (χ1) is 32.6. The van der Waals surface area contributed by atoms with Gasteiger partial charge in [0.05, 0.1) is 21.9 Å². The van der Waals surface area contributed by atoms with E-state index in [9.17, 15) is 21.6 Å². The van der Waals surface area contributed by atoms with Gasteiger partial charge in [0.25, 0.3) is 20.4 Å². The summed E-state index contributed by atoms with van der Waals surface area (Å²) in [5, 5.41) is 1.71. The van der Waals surface area contributed by atoms with Crippen molar-refractivity contribution in [3.05, 3.63) is 109 Å². The molecule has 0 radical (unpaired) electrons. The molecule has 4 aromatic heterocycles. The van der Waals surface area contributed by atoms with Crippen LogP contribution in [0.1, 0.15) is 57.6 Å². The zero-order valence-corrected chi connectivity index (χ0v) is 43.0. The molecule has 4 aliphatic rings. The van der Waals surface area contributed by atoms with Crippen molar-refractivity contribution in [1.29, 1.82) is 0 Å². The van der Waals surface area contributed by atoms with E-state index in [0.717, 1.165) is 59.0 Å². The molecule has 2 aromatic carbocycles. The van der Waals surface area contributed by atoms with Crippen LogP contribution in [0.4, 0.5) is 16.4 Å². The van der Waals surface area contributed by atoms with Crippen LogP contribution in [0.2, 0.25) is 0 Å². The van der Waals surface area contributed by atoms with Gasteiger partial charge >= 0.3 is 6.09 Å². The van der Waals surface area contributed by atoms with Gasteiger partial charge in [-0.15, -0.1) is 0 Å². The van der Waals surface area contributed by atoms with Crippen LogP contribution in [0, 0.1) is 0 Å². The zero-order valence-electron chi connectivity index (χ0n) is 39.3. The number of carbonyl (C=O) groups is 1. The number of fused-ring (bicyclic) bond motifs is 2. The number of ether oxygens (including phenoxy) is 1. The number of nitrogens with zero attached hydrogens (tertiary/aromatic N) is 10. The van der Waals surface area contributed by atoms with Crippen LogP contribution in [-0.4, -0.2) is 146 Å². The Balaban J connectivity index is 0.000000180. The molecule has 18 nitrogen and oxygen atoms in total. The molecule has 2 aliphatic heterocycles. The summed E-state index contributed by atoms with van der Waals surface area (Å²) < 4.78 is 67.7. The van der Waals surface area contributed by atoms with E-state index in [0.29, 0.717) is 76.7 Å². The second kappa shape index (κ2) is 20.3. The number of carbonyl (C=O) groups excluding carboxylic acids is 1. The summed E-state index contributed by atoms with van der Waals surface area (Å²) in [6, 6.07) is 23.6. The number of rotatable bonds is 12. The lowest BCUT2D eigenvalue weighted by molar-refractivity contribution is 0.0543. The average molecular weight is 1080 g/mol. The number of H-pyrrole nitrogens is 1. The second-order valence-electron chi connectivity index (χ2n) is 18.7. The van der Waals surface area contributed by atoms with Crippen LogP contribution in [0.25, 0.3) is 22.1 Å². The lowest BCUT2D eigenvalue weighted by Crippen LogP contribution is -2.59. The highest BCUT2D eigenvalue weighted by Crippen LogP contribution is 2.48. The molecule has 6 aromatic rings. The van der Waals surface area contributed by atoms with E-state index in [1.807, 2.05) is 105 Å². The standard InChI is InChI=1S/C25H32N6O4S.C21H26N6O2S.CH3I/c1-24(2,3)35-23(32)30-14-10-20-21(26-18-27-22(20)30)29-15-16-31(25(17-29)11-12-25)36(33,34)28-13-9-19-7-5-4-6-8-19;1-25(12-8-17-5-3-2-4-6-17)30(28,29)27-14-13-26(15-21(27)9-10-21)20-18-7-11-22-19(18)23-16-24-20;1-2/h4-8,10,14,18,28H,9,11-13,15-17H2,1-3H3;2-7,11,16H,8-10,12-15H2,1H3,(H,22,23,24);1H3. The Morgan fingerprint density at radius 3 is 1.91 bits per heavy atom. The van der Waals surface area contributed by atoms with Crippen LogP contribution in [-0.2, 0) is 38.0 Å². The number of hydrogen-bond donors (Lipinski definition) is 2. The van der Waals surface area contributed by atoms with Gasteiger partial charge in [-0.3, -0.25) is 0 Å². The lowest BCUT2D eigenvalue weighted by atomic mass is 10.1. The highest BCUT2D eigenvalue weighted by Gasteiger charge is 2.57. The Kier molecular flexibility index (Phi) is 14.8. The second-order valence-corrected chi connectivity index (χ2v) is 22.3. The molecule has 2 saturated carbocycles. The Bertz CT molecular complexity index is 2910. The van der Waals surface area contributed by atoms with Gasteiger partial charge in [0.2, 0.25) is 0 Å². The molecule has 0 atom stereocenters. The van der Waals surface area contributed by atoms with E-state index in [1.54, 1.807) is 28.2 Å². The smallest absolute Gasteiger partial charge is 0.420 e. The number of hydrogen-bond acceptors (Lipinski definition) is 12. The first kappa shape index (κ1) is 49.6. The Morgan fingerprint density at radius 2 is 1.31 bits per heavy atom. The molecule has 0 unspecified atom stereocenters. The molecular weight excluding hydrogens is 1020 g/mol. The number of aromatic nitrogens is 6. The molecule has 2 N–H and O–H groups in total. The summed E-state index contributed by atoms with van der Waals surface area (Å²) in [6.45, 7) is 9.41. The quantitative estimate of drug-likeness (QED) is 0.107. The third kappa shape index (κ3) is 10.8. The predicted molar refractivity (Wildman–Crippen MR) is 274 cm³/mol. The summed E-state index contributed by atoms with van der Waals surface area (Å²) in [5.74, 6) is 1.57. The third-order valence-corrected chi connectivity index (χ3v) is 16.7. The van der Waals surface area contributed by atoms with Crippen LogP contribution in [0.5, 0.6) is 0 Å². The van der Waals surface area contributed by atoms with Crippen molar-refractivity contribution in [1.82, 2.24) is 47.1 Å². The molecule has 4 fully saturated rings. The maximum Gasteiger partial charge on any atom is 0.420 e. The minimum Gasteiger partial charge on any atom is -0.443 e. The molecule has 0 bridgehead atoms. The number of nitrogens with one attached hydrogen (secondary N) is 2. The molecule has 21 heteroatoms. The van der Waals surface area contributed by atoms with Gasteiger partial charge in [-0.05, 0) is 87.5 Å². The number of benzene rings is 2. The van der Waals surface area contributed by atoms with Crippen molar-refractivity contribution < 1.29 is 26.4 Å². The molecule has 2 aliphatic carbocycles. The van der Waals surface area contributed by atoms with E-state index >= 15 is 0 Å². The zero-order chi connectivity index (χ0) is 48.3. The minimum absolute atomic E-state index is 0.328. The minimum atomic E-state index is -3.61. The highest BCUT2D eigenvalue weighted by molar-refractivity contribution is 14.1. The molecule has 2 spiro atoms. The van der Waals surface area contributed by atoms with Gasteiger partial charge in [0.1, 0.15) is 35.5 Å². The Morgan fingerprint density at radius 1 is 0.750 bits per heavy atom. The van der Waals surface area contributed by atoms with E-state index in [4.69, 9.17) is 4.74 Å². The van der Waals surface area contributed by atoms with Crippen LogP contribution in [0.3, 0.4) is 0 Å². The van der Waals surface area contributed by atoms with E-state index in [2.05, 4.69) is 62.0 Å². The molecule has 68 heavy (non-hydrogen) atoms. The first-order valence-electron chi connectivity index (χ1n) is 22.9. The van der Waals surface area contributed by atoms with Gasteiger partial charge in [-0.2, -0.15) is 29.8 Å². The summed E-state index contributed by atoms with van der Waals surface area (Å²) in [5.41, 5.74) is 2.12. The lowest BCUT2D eigenvalue weighted by Gasteiger charge is -2.43. The van der Waals surface area contributed by atoms with Gasteiger partial charge in [0.15, 0.2) is 5.65 Å². The molecule has 2 saturated heterocycles. The maximum atomic E-state index is 13.4. The van der Waals surface area contributed by atoms with Crippen molar-refractivity contribution in [3.63, 3.8) is 0 Å². The Labute approximate surface area is 413 Å². The number of halogens is 1. The fourth-order valence-corrected chi connectivity index (χ4v) is 12.4. The highest BCUT2D eigenvalue weighted by atomic mass is 127. The van der Waals surface area contributed by atoms with Crippen molar-refractivity contribution in [3.8, 4) is 0 Å². The number of alkyl halides is 1. The predicted octanol–water partition coefficient (Wildman–Crippen LogP) is 6.03. The Hall–Kier alpha value is -4.78. The molecule has 364 valence electrons. The number of anilines is 2. The fourth-order valence-electron chi connectivity index (χ4n) is 9.15. The van der Waals surface area contributed by atoms with Crippen molar-refractivity contribution >= 4 is 82.8 Å². The topological polar surface area (TPSA) is 195 Å². The van der Waals surface area contributed by atoms with Crippen molar-refractivity contribution in [2.24, 2.45) is 0 Å². The van der Waals surface area contributed by atoms with Crippen LogP contribution < -0.4 is 14.5 Å². The van der Waals surface area contributed by atoms with Gasteiger partial charge in [-0.25, -0.2) is 34.0 Å². The SMILES string of the molecule is CC(C)(C)OC(=O)n1ccc2c(N3CCN(S(=O)(=O)NCCc4ccccc4)C4(CC4)C3)ncnc21.CI.CN(CCc1ccccc1)S(=O)(=O)N1CCN(c2ncnc3[nH]ccc23)CC12CC2. The first-order valence-corrected chi connectivity index (χ1v) is 27.9. The van der Waals surface area contributed by atoms with Gasteiger partial charge in [-0.1, -0.05) is 83.3 Å². The molecule has 6 heterocycles. The van der Waals surface area contributed by atoms with Crippen LogP contribution in [0.15, 0.2) is 97.8 Å². The molecule has 0 amide bonds. The monoisotopic (exact) mass is 1080 g/mol. The van der Waals surface area contributed by atoms with Gasteiger partial charge < -0.3 is 19.5 Å². The van der Waals surface area contributed by atoms with E-state index in [-0.39, 0.29) is 5.54 Å². The van der Waals surface area contributed by atoms with E-state index in [1.165, 1.54) is 15.2 Å². The summed E-state index contributed by atoms with van der Waals surface area (Å²) in [7, 11) is -5.44. The molecule has 10 rings (SSSR count). The summed E-state index contributed by atoms with van der Waals surface area (Å²) in [6.07, 6.45) is 10.7. The fraction of sp³-hybridized carbons (Fsp3) is 0.468. The third-order valence-electron chi connectivity index (χ3n) is 12.9. The largest absolute Gasteiger partial charge is 0.443 e. The number of piperazine rings is 2. The average Bonchev–Trinajstić information content (AvgIpc) is 4.14. The normalized spacial score (nSPS) is 18.0. The maximum absolute atomic E-state index is 13.4. The summed E-state index contributed by atoms with van der Waals surface area (Å²) in [4.78, 5) is 39.6. The molecular formula is C47H61IN12O6S2. The van der Waals surface area contributed by atoms with E-state index < -0.39 is 37.7 Å². The number of likely N-dealkylation sites (N-methyl/N-ethyl adjacent to an activating group) is 1. The van der Waals surface area contributed by atoms with Crippen molar-refractivity contribution in [2.45, 2.75) is 76.0 Å². The van der Waals surface area contributed by atoms with Crippen LogP contribution >= 0.6 is 22.6 Å². The number of aromatic amines is 1.